The lowest BCUT2D eigenvalue weighted by molar-refractivity contribution is 0.101. The van der Waals surface area contributed by atoms with E-state index in [2.05, 4.69) is 16.7 Å². The van der Waals surface area contributed by atoms with Crippen molar-refractivity contribution in [2.24, 2.45) is 5.73 Å². The maximum Gasteiger partial charge on any atom is 0.153 e. The van der Waals surface area contributed by atoms with E-state index >= 15 is 0 Å². The van der Waals surface area contributed by atoms with Gasteiger partial charge in [-0.3, -0.25) is 9.80 Å². The molecule has 5 nitrogen and oxygen atoms in total. The second-order valence-electron chi connectivity index (χ2n) is 5.59. The summed E-state index contributed by atoms with van der Waals surface area (Å²) in [5, 5.41) is -0.268. The first-order valence-electron chi connectivity index (χ1n) is 7.28. The third-order valence-corrected chi connectivity index (χ3v) is 6.26. The number of sulfone groups is 1. The molecule has 1 rings (SSSR count). The number of rotatable bonds is 7. The molecule has 0 aromatic carbocycles. The molecule has 1 atom stereocenters. The molecule has 0 spiro atoms. The molecule has 1 aliphatic heterocycles. The summed E-state index contributed by atoms with van der Waals surface area (Å²) in [6, 6.07) is 0.474. The van der Waals surface area contributed by atoms with Gasteiger partial charge < -0.3 is 5.73 Å². The van der Waals surface area contributed by atoms with E-state index in [0.29, 0.717) is 19.1 Å². The van der Waals surface area contributed by atoms with Crippen molar-refractivity contribution in [1.29, 1.82) is 0 Å². The fraction of sp³-hybridized carbons (Fsp3) is 1.00. The fourth-order valence-electron chi connectivity index (χ4n) is 2.42. The van der Waals surface area contributed by atoms with Gasteiger partial charge in [-0.25, -0.2) is 8.42 Å². The summed E-state index contributed by atoms with van der Waals surface area (Å²) < 4.78 is 23.6. The molecule has 0 bridgehead atoms. The van der Waals surface area contributed by atoms with Crippen LogP contribution < -0.4 is 5.73 Å². The SMILES string of the molecule is CCC(CN)N1CCN(CCS(=O)(=O)C(C)C)CC1. The van der Waals surface area contributed by atoms with Gasteiger partial charge in [0, 0.05) is 45.3 Å². The predicted molar refractivity (Wildman–Crippen MR) is 80.1 cm³/mol. The molecule has 1 aliphatic rings. The number of piperazine rings is 1. The van der Waals surface area contributed by atoms with E-state index in [-0.39, 0.29) is 11.0 Å². The third kappa shape index (κ3) is 5.02. The largest absolute Gasteiger partial charge is 0.329 e. The number of nitrogens with two attached hydrogens (primary N) is 1. The predicted octanol–water partition coefficient (Wildman–Crippen LogP) is 0.165. The molecule has 1 saturated heterocycles. The monoisotopic (exact) mass is 291 g/mol. The number of hydrogen-bond donors (Lipinski definition) is 1. The first-order valence-corrected chi connectivity index (χ1v) is 9.00. The average molecular weight is 291 g/mol. The molecule has 6 heteroatoms. The Hall–Kier alpha value is -0.170. The van der Waals surface area contributed by atoms with Crippen LogP contribution in [0, 0.1) is 0 Å². The summed E-state index contributed by atoms with van der Waals surface area (Å²) >= 11 is 0. The standard InChI is InChI=1S/C13H29N3O2S/c1-4-13(11-14)16-7-5-15(6-8-16)9-10-19(17,18)12(2)3/h12-13H,4-11,14H2,1-3H3. The molecule has 1 unspecified atom stereocenters. The van der Waals surface area contributed by atoms with Crippen LogP contribution in [0.5, 0.6) is 0 Å². The normalized spacial score (nSPS) is 20.9. The van der Waals surface area contributed by atoms with E-state index in [1.807, 2.05) is 0 Å². The highest BCUT2D eigenvalue weighted by Crippen LogP contribution is 2.09. The van der Waals surface area contributed by atoms with Crippen molar-refractivity contribution in [1.82, 2.24) is 9.80 Å². The van der Waals surface area contributed by atoms with Gasteiger partial charge in [0.1, 0.15) is 0 Å². The van der Waals surface area contributed by atoms with Crippen LogP contribution in [0.15, 0.2) is 0 Å². The van der Waals surface area contributed by atoms with Crippen LogP contribution in [-0.2, 0) is 9.84 Å². The first-order chi connectivity index (χ1) is 8.90. The van der Waals surface area contributed by atoms with Gasteiger partial charge in [0.05, 0.1) is 11.0 Å². The van der Waals surface area contributed by atoms with Gasteiger partial charge in [0.25, 0.3) is 0 Å². The van der Waals surface area contributed by atoms with Crippen LogP contribution in [0.1, 0.15) is 27.2 Å². The van der Waals surface area contributed by atoms with E-state index in [9.17, 15) is 8.42 Å². The van der Waals surface area contributed by atoms with Crippen LogP contribution in [-0.4, -0.2) is 74.5 Å². The summed E-state index contributed by atoms with van der Waals surface area (Å²) in [6.07, 6.45) is 1.08. The lowest BCUT2D eigenvalue weighted by atomic mass is 10.1. The van der Waals surface area contributed by atoms with Crippen molar-refractivity contribution in [2.75, 3.05) is 45.0 Å². The molecule has 0 aromatic heterocycles. The fourth-order valence-corrected chi connectivity index (χ4v) is 3.40. The Bertz CT molecular complexity index is 345. The van der Waals surface area contributed by atoms with Crippen molar-refractivity contribution in [3.63, 3.8) is 0 Å². The van der Waals surface area contributed by atoms with E-state index in [0.717, 1.165) is 32.6 Å². The van der Waals surface area contributed by atoms with Crippen LogP contribution in [0.25, 0.3) is 0 Å². The molecule has 0 aromatic rings. The smallest absolute Gasteiger partial charge is 0.153 e. The lowest BCUT2D eigenvalue weighted by Gasteiger charge is -2.38. The van der Waals surface area contributed by atoms with Gasteiger partial charge in [-0.2, -0.15) is 0 Å². The van der Waals surface area contributed by atoms with Crippen LogP contribution in [0.4, 0.5) is 0 Å². The Kier molecular flexibility index (Phi) is 6.73. The molecule has 114 valence electrons. The summed E-state index contributed by atoms with van der Waals surface area (Å²) in [5.74, 6) is 0.277. The second-order valence-corrected chi connectivity index (χ2v) is 8.27. The van der Waals surface area contributed by atoms with Gasteiger partial charge in [-0.1, -0.05) is 6.92 Å². The van der Waals surface area contributed by atoms with Crippen molar-refractivity contribution >= 4 is 9.84 Å². The maximum atomic E-state index is 11.8. The topological polar surface area (TPSA) is 66.6 Å². The summed E-state index contributed by atoms with van der Waals surface area (Å²) in [7, 11) is -2.91. The van der Waals surface area contributed by atoms with Crippen molar-refractivity contribution in [3.05, 3.63) is 0 Å². The summed E-state index contributed by atoms with van der Waals surface area (Å²) in [6.45, 7) is 10.9. The minimum atomic E-state index is -2.91. The quantitative estimate of drug-likeness (QED) is 0.724. The first kappa shape index (κ1) is 16.9. The van der Waals surface area contributed by atoms with Crippen LogP contribution in [0.2, 0.25) is 0 Å². The second kappa shape index (κ2) is 7.57. The minimum absolute atomic E-state index is 0.268. The molecular formula is C13H29N3O2S. The molecule has 2 N–H and O–H groups in total. The van der Waals surface area contributed by atoms with Crippen molar-refractivity contribution in [2.45, 2.75) is 38.5 Å². The number of nitrogens with zero attached hydrogens (tertiary/aromatic N) is 2. The highest BCUT2D eigenvalue weighted by atomic mass is 32.2. The van der Waals surface area contributed by atoms with Gasteiger partial charge in [0.2, 0.25) is 0 Å². The zero-order valence-corrected chi connectivity index (χ0v) is 13.3. The Morgan fingerprint density at radius 3 is 2.16 bits per heavy atom. The van der Waals surface area contributed by atoms with Crippen LogP contribution >= 0.6 is 0 Å². The van der Waals surface area contributed by atoms with E-state index in [4.69, 9.17) is 5.73 Å². The Balaban J connectivity index is 2.35. The van der Waals surface area contributed by atoms with E-state index < -0.39 is 9.84 Å². The number of hydrogen-bond acceptors (Lipinski definition) is 5. The van der Waals surface area contributed by atoms with Crippen molar-refractivity contribution in [3.8, 4) is 0 Å². The summed E-state index contributed by atoms with van der Waals surface area (Å²) in [5.41, 5.74) is 5.76. The van der Waals surface area contributed by atoms with E-state index in [1.165, 1.54) is 0 Å². The molecule has 0 aliphatic carbocycles. The summed E-state index contributed by atoms with van der Waals surface area (Å²) in [4.78, 5) is 4.67. The molecule has 0 amide bonds. The van der Waals surface area contributed by atoms with Gasteiger partial charge >= 0.3 is 0 Å². The molecule has 1 fully saturated rings. The Morgan fingerprint density at radius 2 is 1.74 bits per heavy atom. The van der Waals surface area contributed by atoms with E-state index in [1.54, 1.807) is 13.8 Å². The highest BCUT2D eigenvalue weighted by Gasteiger charge is 2.23. The van der Waals surface area contributed by atoms with Gasteiger partial charge in [-0.15, -0.1) is 0 Å². The lowest BCUT2D eigenvalue weighted by Crippen LogP contribution is -2.52. The van der Waals surface area contributed by atoms with Crippen molar-refractivity contribution < 1.29 is 8.42 Å². The molecule has 1 heterocycles. The minimum Gasteiger partial charge on any atom is -0.329 e. The molecule has 0 radical (unpaired) electrons. The zero-order chi connectivity index (χ0) is 14.5. The highest BCUT2D eigenvalue weighted by molar-refractivity contribution is 7.92. The maximum absolute atomic E-state index is 11.8. The van der Waals surface area contributed by atoms with Gasteiger partial charge in [-0.05, 0) is 20.3 Å². The Labute approximate surface area is 118 Å². The Morgan fingerprint density at radius 1 is 1.16 bits per heavy atom. The zero-order valence-electron chi connectivity index (χ0n) is 12.5. The molecule has 0 saturated carbocycles. The molecule has 19 heavy (non-hydrogen) atoms. The van der Waals surface area contributed by atoms with Crippen LogP contribution in [0.3, 0.4) is 0 Å². The third-order valence-electron chi connectivity index (χ3n) is 4.08. The van der Waals surface area contributed by atoms with Gasteiger partial charge in [0.15, 0.2) is 9.84 Å². The molecular weight excluding hydrogens is 262 g/mol. The average Bonchev–Trinajstić information content (AvgIpc) is 2.39.